The highest BCUT2D eigenvalue weighted by atomic mass is 32.2. The molecule has 5 heteroatoms. The maximum absolute atomic E-state index is 10.7. The fourth-order valence-corrected chi connectivity index (χ4v) is 1.82. The van der Waals surface area contributed by atoms with E-state index in [0.29, 0.717) is 16.8 Å². The van der Waals surface area contributed by atoms with Gasteiger partial charge in [0.1, 0.15) is 0 Å². The summed E-state index contributed by atoms with van der Waals surface area (Å²) in [7, 11) is 0. The summed E-state index contributed by atoms with van der Waals surface area (Å²) >= 11 is 1.36. The van der Waals surface area contributed by atoms with Crippen molar-refractivity contribution < 1.29 is 9.72 Å². The van der Waals surface area contributed by atoms with Gasteiger partial charge in [-0.25, -0.2) is 0 Å². The van der Waals surface area contributed by atoms with Crippen molar-refractivity contribution in [3.05, 3.63) is 44.8 Å². The Kier molecular flexibility index (Phi) is 4.72. The highest BCUT2D eigenvalue weighted by Gasteiger charge is 2.10. The Hall–Kier alpha value is -1.62. The number of allylic oxidation sites excluding steroid dienone is 1. The largest absolute Gasteiger partial charge is 0.297 e. The van der Waals surface area contributed by atoms with E-state index < -0.39 is 4.92 Å². The van der Waals surface area contributed by atoms with Crippen molar-refractivity contribution in [3.8, 4) is 0 Å². The second-order valence-corrected chi connectivity index (χ2v) is 4.25. The van der Waals surface area contributed by atoms with Gasteiger partial charge in [0.15, 0.2) is 6.29 Å². The molecule has 0 aliphatic rings. The van der Waals surface area contributed by atoms with Crippen LogP contribution in [-0.4, -0.2) is 17.0 Å². The lowest BCUT2D eigenvalue weighted by molar-refractivity contribution is -0.385. The first-order valence-corrected chi connectivity index (χ1v) is 5.70. The van der Waals surface area contributed by atoms with Gasteiger partial charge < -0.3 is 0 Å². The van der Waals surface area contributed by atoms with Gasteiger partial charge in [-0.05, 0) is 17.9 Å². The molecule has 0 aromatic heterocycles. The van der Waals surface area contributed by atoms with E-state index in [9.17, 15) is 14.9 Å². The van der Waals surface area contributed by atoms with Crippen molar-refractivity contribution in [1.82, 2.24) is 0 Å². The van der Waals surface area contributed by atoms with Gasteiger partial charge >= 0.3 is 0 Å². The number of para-hydroxylation sites is 1. The maximum Gasteiger partial charge on any atom is 0.276 e. The maximum atomic E-state index is 10.7. The minimum atomic E-state index is -0.454. The van der Waals surface area contributed by atoms with E-state index in [1.54, 1.807) is 24.3 Å². The number of benzene rings is 1. The Morgan fingerprint density at radius 1 is 1.50 bits per heavy atom. The lowest BCUT2D eigenvalue weighted by Gasteiger charge is -1.99. The van der Waals surface area contributed by atoms with Gasteiger partial charge in [0.25, 0.3) is 5.69 Å². The molecule has 0 radical (unpaired) electrons. The topological polar surface area (TPSA) is 60.2 Å². The Labute approximate surface area is 97.5 Å². The number of aldehydes is 1. The Bertz CT molecular complexity index is 429. The highest BCUT2D eigenvalue weighted by molar-refractivity contribution is 8.04. The molecule has 0 saturated heterocycles. The van der Waals surface area contributed by atoms with Gasteiger partial charge in [0.05, 0.1) is 10.5 Å². The smallest absolute Gasteiger partial charge is 0.276 e. The van der Waals surface area contributed by atoms with Gasteiger partial charge in [0.2, 0.25) is 0 Å². The minimum Gasteiger partial charge on any atom is -0.297 e. The van der Waals surface area contributed by atoms with Crippen LogP contribution in [0.25, 0.3) is 6.08 Å². The lowest BCUT2D eigenvalue weighted by atomic mass is 10.1. The third-order valence-corrected chi connectivity index (χ3v) is 2.69. The quantitative estimate of drug-likeness (QED) is 0.342. The van der Waals surface area contributed by atoms with E-state index in [4.69, 9.17) is 0 Å². The number of carbonyl (C=O) groups excluding carboxylic acids is 1. The van der Waals surface area contributed by atoms with Crippen LogP contribution in [0.2, 0.25) is 0 Å². The Morgan fingerprint density at radius 3 is 2.75 bits per heavy atom. The molecule has 0 fully saturated rings. The zero-order chi connectivity index (χ0) is 12.0. The zero-order valence-electron chi connectivity index (χ0n) is 8.75. The molecule has 84 valence electrons. The van der Waals surface area contributed by atoms with E-state index in [0.717, 1.165) is 5.75 Å². The molecule has 0 amide bonds. The van der Waals surface area contributed by atoms with Crippen LogP contribution in [0.4, 0.5) is 5.69 Å². The molecule has 0 bridgehead atoms. The molecule has 16 heavy (non-hydrogen) atoms. The van der Waals surface area contributed by atoms with E-state index in [2.05, 4.69) is 0 Å². The fourth-order valence-electron chi connectivity index (χ4n) is 1.21. The first-order chi connectivity index (χ1) is 7.69. The first kappa shape index (κ1) is 12.4. The zero-order valence-corrected chi connectivity index (χ0v) is 9.57. The van der Waals surface area contributed by atoms with Crippen LogP contribution in [0.15, 0.2) is 29.2 Å². The number of nitro benzene ring substituents is 1. The molecule has 1 rings (SSSR count). The van der Waals surface area contributed by atoms with E-state index in [1.165, 1.54) is 17.8 Å². The number of carbonyl (C=O) groups is 1. The predicted molar refractivity (Wildman–Crippen MR) is 65.3 cm³/mol. The van der Waals surface area contributed by atoms with E-state index in [1.807, 2.05) is 6.92 Å². The van der Waals surface area contributed by atoms with Crippen LogP contribution in [0.3, 0.4) is 0 Å². The number of thioether (sulfide) groups is 1. The summed E-state index contributed by atoms with van der Waals surface area (Å²) in [6.45, 7) is 1.92. The molecule has 0 N–H and O–H groups in total. The number of hydrogen-bond acceptors (Lipinski definition) is 4. The molecule has 0 spiro atoms. The molecule has 0 aliphatic carbocycles. The van der Waals surface area contributed by atoms with Crippen LogP contribution in [0, 0.1) is 10.1 Å². The van der Waals surface area contributed by atoms with Gasteiger partial charge in [0, 0.05) is 11.0 Å². The number of hydrogen-bond donors (Lipinski definition) is 0. The van der Waals surface area contributed by atoms with Crippen LogP contribution in [0.1, 0.15) is 12.5 Å². The standard InChI is InChI=1S/C11H11NO3S/c1-2-16-10(8-13)7-9-5-3-4-6-11(9)12(14)15/h3-8H,2H2,1H3/b10-7-. The molecule has 0 atom stereocenters. The second kappa shape index (κ2) is 6.07. The summed E-state index contributed by atoms with van der Waals surface area (Å²) in [6, 6.07) is 6.35. The molecule has 0 unspecified atom stereocenters. The van der Waals surface area contributed by atoms with Crippen LogP contribution < -0.4 is 0 Å². The average molecular weight is 237 g/mol. The van der Waals surface area contributed by atoms with E-state index >= 15 is 0 Å². The molecular weight excluding hydrogens is 226 g/mol. The SMILES string of the molecule is CCS/C(C=O)=C\c1ccccc1[N+](=O)[O-]. The molecule has 1 aromatic carbocycles. The summed E-state index contributed by atoms with van der Waals surface area (Å²) in [4.78, 5) is 21.5. The monoisotopic (exact) mass is 237 g/mol. The number of nitro groups is 1. The van der Waals surface area contributed by atoms with Crippen molar-refractivity contribution >= 4 is 29.8 Å². The van der Waals surface area contributed by atoms with Crippen molar-refractivity contribution in [2.24, 2.45) is 0 Å². The van der Waals surface area contributed by atoms with Gasteiger partial charge in [-0.1, -0.05) is 19.1 Å². The minimum absolute atomic E-state index is 0.0125. The molecule has 0 saturated carbocycles. The molecule has 4 nitrogen and oxygen atoms in total. The third kappa shape index (κ3) is 3.20. The van der Waals surface area contributed by atoms with Crippen molar-refractivity contribution in [3.63, 3.8) is 0 Å². The van der Waals surface area contributed by atoms with Gasteiger partial charge in [-0.3, -0.25) is 14.9 Å². The van der Waals surface area contributed by atoms with Crippen LogP contribution in [0.5, 0.6) is 0 Å². The number of rotatable bonds is 5. The Morgan fingerprint density at radius 2 is 2.19 bits per heavy atom. The molecule has 0 heterocycles. The molecular formula is C11H11NO3S. The van der Waals surface area contributed by atoms with Crippen molar-refractivity contribution in [2.45, 2.75) is 6.92 Å². The third-order valence-electron chi connectivity index (χ3n) is 1.86. The van der Waals surface area contributed by atoms with Crippen LogP contribution in [-0.2, 0) is 4.79 Å². The average Bonchev–Trinajstić information content (AvgIpc) is 2.29. The fraction of sp³-hybridized carbons (Fsp3) is 0.182. The second-order valence-electron chi connectivity index (χ2n) is 2.91. The van der Waals surface area contributed by atoms with Crippen molar-refractivity contribution in [1.29, 1.82) is 0 Å². The van der Waals surface area contributed by atoms with Gasteiger partial charge in [-0.2, -0.15) is 0 Å². The molecule has 1 aromatic rings. The Balaban J connectivity index is 3.12. The van der Waals surface area contributed by atoms with E-state index in [-0.39, 0.29) is 5.69 Å². The summed E-state index contributed by atoms with van der Waals surface area (Å²) in [5, 5.41) is 10.7. The normalized spacial score (nSPS) is 11.2. The summed E-state index contributed by atoms with van der Waals surface area (Å²) in [5.74, 6) is 0.755. The highest BCUT2D eigenvalue weighted by Crippen LogP contribution is 2.23. The summed E-state index contributed by atoms with van der Waals surface area (Å²) in [5.41, 5.74) is 0.467. The summed E-state index contributed by atoms with van der Waals surface area (Å²) < 4.78 is 0. The predicted octanol–water partition coefficient (Wildman–Crippen LogP) is 2.89. The summed E-state index contributed by atoms with van der Waals surface area (Å²) in [6.07, 6.45) is 2.25. The lowest BCUT2D eigenvalue weighted by Crippen LogP contribution is -1.91. The number of nitrogens with zero attached hydrogens (tertiary/aromatic N) is 1. The van der Waals surface area contributed by atoms with Gasteiger partial charge in [-0.15, -0.1) is 11.8 Å². The first-order valence-electron chi connectivity index (χ1n) is 4.72. The van der Waals surface area contributed by atoms with Crippen molar-refractivity contribution in [2.75, 3.05) is 5.75 Å². The molecule has 0 aliphatic heterocycles. The van der Waals surface area contributed by atoms with Crippen LogP contribution >= 0.6 is 11.8 Å².